The van der Waals surface area contributed by atoms with Crippen LogP contribution in [0.3, 0.4) is 0 Å². The molecule has 0 bridgehead atoms. The quantitative estimate of drug-likeness (QED) is 0.567. The van der Waals surface area contributed by atoms with Gasteiger partial charge in [0.15, 0.2) is 0 Å². The third kappa shape index (κ3) is 3.75. The molecule has 0 saturated heterocycles. The molecule has 70 valence electrons. The van der Waals surface area contributed by atoms with Crippen molar-refractivity contribution in [1.82, 2.24) is 0 Å². The molecule has 0 N–H and O–H groups in total. The van der Waals surface area contributed by atoms with Crippen molar-refractivity contribution in [3.63, 3.8) is 0 Å². The maximum atomic E-state index is 10.4. The summed E-state index contributed by atoms with van der Waals surface area (Å²) >= 11 is 0.455. The van der Waals surface area contributed by atoms with Gasteiger partial charge >= 0.3 is 85.4 Å². The van der Waals surface area contributed by atoms with Crippen LogP contribution < -0.4 is 4.46 Å². The van der Waals surface area contributed by atoms with Crippen molar-refractivity contribution >= 4 is 25.7 Å². The molecule has 1 atom stereocenters. The van der Waals surface area contributed by atoms with Gasteiger partial charge < -0.3 is 0 Å². The first-order chi connectivity index (χ1) is 6.36. The summed E-state index contributed by atoms with van der Waals surface area (Å²) in [6.45, 7) is 2.15. The molecule has 1 aromatic rings. The third-order valence-electron chi connectivity index (χ3n) is 1.86. The predicted octanol–water partition coefficient (Wildman–Crippen LogP) is 1.80. The van der Waals surface area contributed by atoms with E-state index in [1.807, 2.05) is 6.07 Å². The van der Waals surface area contributed by atoms with Crippen molar-refractivity contribution < 1.29 is 4.79 Å². The van der Waals surface area contributed by atoms with E-state index in [0.717, 1.165) is 12.7 Å². The number of carbonyl (C=O) groups excluding carboxylic acids is 1. The van der Waals surface area contributed by atoms with Gasteiger partial charge in [0.1, 0.15) is 0 Å². The average Bonchev–Trinajstić information content (AvgIpc) is 2.19. The Hall–Kier alpha value is -0.591. The van der Waals surface area contributed by atoms with Crippen LogP contribution in [0.15, 0.2) is 30.3 Å². The van der Waals surface area contributed by atoms with Crippen LogP contribution in [0.5, 0.6) is 0 Å². The van der Waals surface area contributed by atoms with E-state index in [9.17, 15) is 4.79 Å². The number of carbonyl (C=O) groups is 1. The Morgan fingerprint density at radius 1 is 1.38 bits per heavy atom. The second-order valence-electron chi connectivity index (χ2n) is 2.86. The second-order valence-corrected chi connectivity index (χ2v) is 5.75. The van der Waals surface area contributed by atoms with Gasteiger partial charge in [-0.3, -0.25) is 0 Å². The Morgan fingerprint density at radius 2 is 2.08 bits per heavy atom. The van der Waals surface area contributed by atoms with E-state index < -0.39 is 0 Å². The molecular formula is C11H14OSe. The van der Waals surface area contributed by atoms with Crippen LogP contribution in [0.4, 0.5) is 0 Å². The third-order valence-corrected chi connectivity index (χ3v) is 4.80. The number of benzene rings is 1. The second kappa shape index (κ2) is 5.95. The van der Waals surface area contributed by atoms with Crippen LogP contribution in [0.1, 0.15) is 19.8 Å². The van der Waals surface area contributed by atoms with Crippen molar-refractivity contribution in [2.75, 3.05) is 0 Å². The molecule has 0 amide bonds. The Balaban J connectivity index is 2.51. The van der Waals surface area contributed by atoms with Crippen molar-refractivity contribution in [2.24, 2.45) is 0 Å². The molecule has 0 fully saturated rings. The summed E-state index contributed by atoms with van der Waals surface area (Å²) in [6, 6.07) is 10.4. The summed E-state index contributed by atoms with van der Waals surface area (Å²) in [4.78, 5) is 11.0. The first kappa shape index (κ1) is 10.5. The number of hydrogen-bond donors (Lipinski definition) is 0. The topological polar surface area (TPSA) is 17.1 Å². The first-order valence-electron chi connectivity index (χ1n) is 4.52. The first-order valence-corrected chi connectivity index (χ1v) is 6.36. The van der Waals surface area contributed by atoms with E-state index in [-0.39, 0.29) is 0 Å². The standard InChI is InChI=1S/C11H14OSe/c1-2-10(8-9-12)13-11-6-4-3-5-7-11/h3-7,9-10H,2,8H2,1H3. The Labute approximate surface area is 85.7 Å². The zero-order valence-corrected chi connectivity index (χ0v) is 9.49. The molecule has 0 heterocycles. The molecule has 0 aromatic heterocycles. The van der Waals surface area contributed by atoms with Gasteiger partial charge in [-0.15, -0.1) is 0 Å². The van der Waals surface area contributed by atoms with Crippen molar-refractivity contribution in [3.05, 3.63) is 30.3 Å². The van der Waals surface area contributed by atoms with Crippen LogP contribution in [-0.4, -0.2) is 21.2 Å². The number of rotatable bonds is 5. The zero-order valence-electron chi connectivity index (χ0n) is 7.77. The van der Waals surface area contributed by atoms with Crippen molar-refractivity contribution in [2.45, 2.75) is 24.6 Å². The van der Waals surface area contributed by atoms with Crippen molar-refractivity contribution in [3.8, 4) is 0 Å². The molecule has 1 nitrogen and oxygen atoms in total. The monoisotopic (exact) mass is 242 g/mol. The normalized spacial score (nSPS) is 12.4. The van der Waals surface area contributed by atoms with Gasteiger partial charge in [0.05, 0.1) is 0 Å². The molecule has 1 unspecified atom stereocenters. The van der Waals surface area contributed by atoms with Gasteiger partial charge in [0.2, 0.25) is 0 Å². The molecule has 0 spiro atoms. The molecule has 0 aliphatic heterocycles. The number of aldehydes is 1. The van der Waals surface area contributed by atoms with Crippen LogP contribution in [0.2, 0.25) is 4.82 Å². The van der Waals surface area contributed by atoms with E-state index in [1.165, 1.54) is 4.46 Å². The molecule has 0 aliphatic carbocycles. The Kier molecular flexibility index (Phi) is 4.80. The molecule has 0 radical (unpaired) electrons. The van der Waals surface area contributed by atoms with Gasteiger partial charge in [-0.25, -0.2) is 0 Å². The van der Waals surface area contributed by atoms with Crippen LogP contribution in [0.25, 0.3) is 0 Å². The fourth-order valence-electron chi connectivity index (χ4n) is 1.10. The molecule has 1 rings (SSSR count). The molecule has 13 heavy (non-hydrogen) atoms. The van der Waals surface area contributed by atoms with Gasteiger partial charge in [-0.1, -0.05) is 0 Å². The minimum absolute atomic E-state index is 0.455. The predicted molar refractivity (Wildman–Crippen MR) is 56.6 cm³/mol. The van der Waals surface area contributed by atoms with Gasteiger partial charge in [-0.2, -0.15) is 0 Å². The fraction of sp³-hybridized carbons (Fsp3) is 0.364. The van der Waals surface area contributed by atoms with Crippen LogP contribution in [-0.2, 0) is 4.79 Å². The van der Waals surface area contributed by atoms with E-state index in [4.69, 9.17) is 0 Å². The van der Waals surface area contributed by atoms with E-state index >= 15 is 0 Å². The van der Waals surface area contributed by atoms with Gasteiger partial charge in [-0.05, 0) is 0 Å². The average molecular weight is 241 g/mol. The fourth-order valence-corrected chi connectivity index (χ4v) is 3.28. The molecule has 0 aliphatic rings. The minimum atomic E-state index is 0.455. The van der Waals surface area contributed by atoms with E-state index in [0.29, 0.717) is 26.2 Å². The number of hydrogen-bond acceptors (Lipinski definition) is 1. The summed E-state index contributed by atoms with van der Waals surface area (Å²) in [7, 11) is 0. The van der Waals surface area contributed by atoms with Crippen LogP contribution in [0, 0.1) is 0 Å². The maximum absolute atomic E-state index is 10.4. The summed E-state index contributed by atoms with van der Waals surface area (Å²) in [5.74, 6) is 0. The molecular weight excluding hydrogens is 227 g/mol. The summed E-state index contributed by atoms with van der Waals surface area (Å²) < 4.78 is 1.39. The summed E-state index contributed by atoms with van der Waals surface area (Å²) in [5.41, 5.74) is 0. The summed E-state index contributed by atoms with van der Waals surface area (Å²) in [5, 5.41) is 0. The molecule has 1 aromatic carbocycles. The molecule has 0 saturated carbocycles. The van der Waals surface area contributed by atoms with Crippen molar-refractivity contribution in [1.29, 1.82) is 0 Å². The van der Waals surface area contributed by atoms with Crippen LogP contribution >= 0.6 is 0 Å². The van der Waals surface area contributed by atoms with E-state index in [1.54, 1.807) is 0 Å². The Bertz CT molecular complexity index is 246. The van der Waals surface area contributed by atoms with E-state index in [2.05, 4.69) is 31.2 Å². The Morgan fingerprint density at radius 3 is 2.62 bits per heavy atom. The SMILES string of the molecule is CCC(CC=O)[Se]c1ccccc1. The van der Waals surface area contributed by atoms with Gasteiger partial charge in [0.25, 0.3) is 0 Å². The molecule has 2 heteroatoms. The van der Waals surface area contributed by atoms with Gasteiger partial charge in [0, 0.05) is 0 Å². The summed E-state index contributed by atoms with van der Waals surface area (Å²) in [6.07, 6.45) is 2.86. The zero-order chi connectivity index (χ0) is 9.52.